The Balaban J connectivity index is 2.64. The van der Waals surface area contributed by atoms with E-state index in [2.05, 4.69) is 15.0 Å². The van der Waals surface area contributed by atoms with E-state index in [1.807, 2.05) is 32.9 Å². The monoisotopic (exact) mass is 233 g/mol. The summed E-state index contributed by atoms with van der Waals surface area (Å²) in [5, 5.41) is 0.511. The Morgan fingerprint density at radius 1 is 1.12 bits per heavy atom. The van der Waals surface area contributed by atoms with Gasteiger partial charge in [0.05, 0.1) is 5.69 Å². The summed E-state index contributed by atoms with van der Waals surface area (Å²) in [7, 11) is 0. The van der Waals surface area contributed by atoms with Gasteiger partial charge in [-0.15, -0.1) is 0 Å². The molecule has 0 fully saturated rings. The molecule has 82 valence electrons. The van der Waals surface area contributed by atoms with Gasteiger partial charge in [0, 0.05) is 23.0 Å². The topological polar surface area (TPSA) is 38.7 Å². The number of hydrogen-bond acceptors (Lipinski definition) is 3. The quantitative estimate of drug-likeness (QED) is 0.711. The van der Waals surface area contributed by atoms with Crippen LogP contribution in [0.5, 0.6) is 0 Å². The van der Waals surface area contributed by atoms with Crippen molar-refractivity contribution in [3.8, 4) is 11.3 Å². The normalized spacial score (nSPS) is 10.5. The van der Waals surface area contributed by atoms with Crippen LogP contribution in [0.2, 0.25) is 5.15 Å². The molecular formula is C12H12ClN3. The summed E-state index contributed by atoms with van der Waals surface area (Å²) >= 11 is 6.04. The first-order valence-corrected chi connectivity index (χ1v) is 5.39. The van der Waals surface area contributed by atoms with E-state index in [4.69, 9.17) is 11.6 Å². The molecule has 0 unspecified atom stereocenters. The summed E-state index contributed by atoms with van der Waals surface area (Å²) in [6.45, 7) is 5.71. The molecule has 0 aliphatic carbocycles. The second-order valence-corrected chi connectivity index (χ2v) is 4.08. The highest BCUT2D eigenvalue weighted by Gasteiger charge is 2.09. The second kappa shape index (κ2) is 4.18. The van der Waals surface area contributed by atoms with Crippen LogP contribution in [-0.4, -0.2) is 15.0 Å². The van der Waals surface area contributed by atoms with E-state index in [0.29, 0.717) is 11.0 Å². The van der Waals surface area contributed by atoms with Gasteiger partial charge >= 0.3 is 0 Å². The maximum atomic E-state index is 6.04. The lowest BCUT2D eigenvalue weighted by molar-refractivity contribution is 1.03. The van der Waals surface area contributed by atoms with Crippen molar-refractivity contribution in [2.75, 3.05) is 0 Å². The highest BCUT2D eigenvalue weighted by atomic mass is 35.5. The molecule has 0 saturated heterocycles. The van der Waals surface area contributed by atoms with Crippen molar-refractivity contribution in [2.45, 2.75) is 20.8 Å². The van der Waals surface area contributed by atoms with E-state index in [1.165, 1.54) is 0 Å². The van der Waals surface area contributed by atoms with Gasteiger partial charge in [0.2, 0.25) is 0 Å². The first-order chi connectivity index (χ1) is 7.58. The predicted molar refractivity (Wildman–Crippen MR) is 64.5 cm³/mol. The first kappa shape index (κ1) is 11.0. The first-order valence-electron chi connectivity index (χ1n) is 5.01. The predicted octanol–water partition coefficient (Wildman–Crippen LogP) is 3.12. The van der Waals surface area contributed by atoms with Crippen LogP contribution < -0.4 is 0 Å². The summed E-state index contributed by atoms with van der Waals surface area (Å²) in [4.78, 5) is 12.7. The second-order valence-electron chi connectivity index (χ2n) is 3.72. The number of nitrogens with zero attached hydrogens (tertiary/aromatic N) is 3. The molecule has 0 atom stereocenters. The number of rotatable bonds is 1. The van der Waals surface area contributed by atoms with Crippen molar-refractivity contribution in [1.82, 2.24) is 15.0 Å². The summed E-state index contributed by atoms with van der Waals surface area (Å²) in [5.74, 6) is 0.681. The van der Waals surface area contributed by atoms with Gasteiger partial charge in [-0.05, 0) is 32.9 Å². The maximum Gasteiger partial charge on any atom is 0.136 e. The molecule has 2 aromatic rings. The fraction of sp³-hybridized carbons (Fsp3) is 0.250. The SMILES string of the molecule is Cc1cc(-c2nc(C)nc(Cl)c2C)ccn1. The Bertz CT molecular complexity index is 538. The lowest BCUT2D eigenvalue weighted by Crippen LogP contribution is -1.97. The molecule has 2 rings (SSSR count). The van der Waals surface area contributed by atoms with Gasteiger partial charge in [-0.2, -0.15) is 0 Å². The van der Waals surface area contributed by atoms with E-state index in [-0.39, 0.29) is 0 Å². The fourth-order valence-electron chi connectivity index (χ4n) is 1.57. The van der Waals surface area contributed by atoms with E-state index in [1.54, 1.807) is 6.20 Å². The zero-order valence-electron chi connectivity index (χ0n) is 9.45. The molecule has 16 heavy (non-hydrogen) atoms. The molecule has 0 N–H and O–H groups in total. The van der Waals surface area contributed by atoms with E-state index in [9.17, 15) is 0 Å². The average Bonchev–Trinajstić information content (AvgIpc) is 2.23. The Labute approximate surface area is 99.5 Å². The maximum absolute atomic E-state index is 6.04. The Morgan fingerprint density at radius 3 is 2.56 bits per heavy atom. The van der Waals surface area contributed by atoms with Gasteiger partial charge in [0.25, 0.3) is 0 Å². The zero-order chi connectivity index (χ0) is 11.7. The van der Waals surface area contributed by atoms with Crippen LogP contribution in [0.25, 0.3) is 11.3 Å². The van der Waals surface area contributed by atoms with Crippen LogP contribution in [-0.2, 0) is 0 Å². The van der Waals surface area contributed by atoms with Crippen LogP contribution in [0.1, 0.15) is 17.1 Å². The van der Waals surface area contributed by atoms with Gasteiger partial charge in [-0.3, -0.25) is 4.98 Å². The van der Waals surface area contributed by atoms with Crippen LogP contribution in [0, 0.1) is 20.8 Å². The Morgan fingerprint density at radius 2 is 1.88 bits per heavy atom. The third-order valence-electron chi connectivity index (χ3n) is 2.37. The molecule has 3 nitrogen and oxygen atoms in total. The van der Waals surface area contributed by atoms with Crippen molar-refractivity contribution in [1.29, 1.82) is 0 Å². The van der Waals surface area contributed by atoms with E-state index >= 15 is 0 Å². The van der Waals surface area contributed by atoms with Crippen molar-refractivity contribution < 1.29 is 0 Å². The molecule has 0 bridgehead atoms. The molecular weight excluding hydrogens is 222 g/mol. The smallest absolute Gasteiger partial charge is 0.136 e. The lowest BCUT2D eigenvalue weighted by atomic mass is 10.1. The Hall–Kier alpha value is -1.48. The minimum Gasteiger partial charge on any atom is -0.262 e. The average molecular weight is 234 g/mol. The third kappa shape index (κ3) is 2.04. The van der Waals surface area contributed by atoms with Gasteiger partial charge < -0.3 is 0 Å². The zero-order valence-corrected chi connectivity index (χ0v) is 10.2. The molecule has 4 heteroatoms. The molecule has 0 saturated carbocycles. The number of halogens is 1. The largest absolute Gasteiger partial charge is 0.262 e. The molecule has 0 aliphatic rings. The lowest BCUT2D eigenvalue weighted by Gasteiger charge is -2.07. The van der Waals surface area contributed by atoms with E-state index < -0.39 is 0 Å². The minimum absolute atomic E-state index is 0.511. The minimum atomic E-state index is 0.511. The van der Waals surface area contributed by atoms with Crippen LogP contribution in [0.3, 0.4) is 0 Å². The van der Waals surface area contributed by atoms with Crippen molar-refractivity contribution in [2.24, 2.45) is 0 Å². The summed E-state index contributed by atoms with van der Waals surface area (Å²) in [5.41, 5.74) is 3.77. The van der Waals surface area contributed by atoms with Crippen LogP contribution >= 0.6 is 11.6 Å². The van der Waals surface area contributed by atoms with Gasteiger partial charge in [0.1, 0.15) is 11.0 Å². The van der Waals surface area contributed by atoms with Crippen LogP contribution in [0.4, 0.5) is 0 Å². The highest BCUT2D eigenvalue weighted by molar-refractivity contribution is 6.30. The van der Waals surface area contributed by atoms with Crippen molar-refractivity contribution in [3.05, 3.63) is 40.6 Å². The number of aromatic nitrogens is 3. The number of aryl methyl sites for hydroxylation is 2. The van der Waals surface area contributed by atoms with Crippen molar-refractivity contribution in [3.63, 3.8) is 0 Å². The summed E-state index contributed by atoms with van der Waals surface area (Å²) in [6, 6.07) is 3.92. The van der Waals surface area contributed by atoms with Crippen LogP contribution in [0.15, 0.2) is 18.3 Å². The molecule has 0 amide bonds. The molecule has 0 spiro atoms. The molecule has 0 aromatic carbocycles. The van der Waals surface area contributed by atoms with Gasteiger partial charge in [-0.25, -0.2) is 9.97 Å². The third-order valence-corrected chi connectivity index (χ3v) is 2.74. The summed E-state index contributed by atoms with van der Waals surface area (Å²) < 4.78 is 0. The highest BCUT2D eigenvalue weighted by Crippen LogP contribution is 2.25. The fourth-order valence-corrected chi connectivity index (χ4v) is 1.78. The van der Waals surface area contributed by atoms with Gasteiger partial charge in [-0.1, -0.05) is 11.6 Å². The Kier molecular flexibility index (Phi) is 2.88. The summed E-state index contributed by atoms with van der Waals surface area (Å²) in [6.07, 6.45) is 1.77. The number of hydrogen-bond donors (Lipinski definition) is 0. The molecule has 2 aromatic heterocycles. The number of pyridine rings is 1. The molecule has 0 aliphatic heterocycles. The molecule has 0 radical (unpaired) electrons. The standard InChI is InChI=1S/C12H12ClN3/c1-7-6-10(4-5-14-7)11-8(2)12(13)16-9(3)15-11/h4-6H,1-3H3. The van der Waals surface area contributed by atoms with E-state index in [0.717, 1.165) is 22.5 Å². The molecule has 2 heterocycles. The van der Waals surface area contributed by atoms with Gasteiger partial charge in [0.15, 0.2) is 0 Å². The van der Waals surface area contributed by atoms with Crippen molar-refractivity contribution >= 4 is 11.6 Å².